The summed E-state index contributed by atoms with van der Waals surface area (Å²) in [5, 5.41) is 2.82. The van der Waals surface area contributed by atoms with E-state index in [1.54, 1.807) is 86.8 Å². The van der Waals surface area contributed by atoms with Crippen LogP contribution >= 0.6 is 0 Å². The molecule has 0 aliphatic heterocycles. The lowest BCUT2D eigenvalue weighted by Gasteiger charge is -2.15. The predicted molar refractivity (Wildman–Crippen MR) is 115 cm³/mol. The van der Waals surface area contributed by atoms with Crippen molar-refractivity contribution in [2.24, 2.45) is 0 Å². The number of methoxy groups -OCH3 is 2. The van der Waals surface area contributed by atoms with Crippen LogP contribution in [0.2, 0.25) is 0 Å². The van der Waals surface area contributed by atoms with Gasteiger partial charge in [-0.25, -0.2) is 0 Å². The van der Waals surface area contributed by atoms with E-state index in [9.17, 15) is 9.59 Å². The summed E-state index contributed by atoms with van der Waals surface area (Å²) in [5.74, 6) is 1.31. The third-order valence-corrected chi connectivity index (χ3v) is 4.52. The van der Waals surface area contributed by atoms with Gasteiger partial charge in [0.05, 0.1) is 19.8 Å². The van der Waals surface area contributed by atoms with Gasteiger partial charge in [-0.3, -0.25) is 9.59 Å². The van der Waals surface area contributed by atoms with Gasteiger partial charge in [0.2, 0.25) is 5.78 Å². The van der Waals surface area contributed by atoms with Crippen molar-refractivity contribution in [3.63, 3.8) is 0 Å². The summed E-state index contributed by atoms with van der Waals surface area (Å²) in [7, 11) is 3.09. The number of anilines is 1. The summed E-state index contributed by atoms with van der Waals surface area (Å²) in [6.07, 6.45) is -0.660. The van der Waals surface area contributed by atoms with Crippen LogP contribution in [0.5, 0.6) is 17.2 Å². The summed E-state index contributed by atoms with van der Waals surface area (Å²) < 4.78 is 16.1. The van der Waals surface area contributed by atoms with E-state index in [1.165, 1.54) is 7.11 Å². The first-order chi connectivity index (χ1) is 14.5. The van der Waals surface area contributed by atoms with E-state index in [2.05, 4.69) is 5.32 Å². The molecule has 0 aliphatic rings. The standard InChI is InChI=1S/C24H23NO5/c1-16(23(26)17-8-12-19(28-2)13-9-17)30-20-14-10-18(11-15-20)25-24(27)21-6-4-5-7-22(21)29-3/h4-16H,1-3H3,(H,25,27). The van der Waals surface area contributed by atoms with Crippen molar-refractivity contribution >= 4 is 17.4 Å². The van der Waals surface area contributed by atoms with Crippen molar-refractivity contribution in [2.45, 2.75) is 13.0 Å². The molecule has 6 nitrogen and oxygen atoms in total. The molecule has 0 fully saturated rings. The third-order valence-electron chi connectivity index (χ3n) is 4.52. The Labute approximate surface area is 175 Å². The number of nitrogens with one attached hydrogen (secondary N) is 1. The molecule has 30 heavy (non-hydrogen) atoms. The largest absolute Gasteiger partial charge is 0.497 e. The smallest absolute Gasteiger partial charge is 0.259 e. The Kier molecular flexibility index (Phi) is 6.70. The average molecular weight is 405 g/mol. The molecule has 3 aromatic rings. The molecule has 0 aliphatic carbocycles. The zero-order valence-corrected chi connectivity index (χ0v) is 17.0. The Morgan fingerprint density at radius 3 is 2.07 bits per heavy atom. The minimum absolute atomic E-state index is 0.133. The van der Waals surface area contributed by atoms with Crippen LogP contribution in [-0.2, 0) is 0 Å². The van der Waals surface area contributed by atoms with Gasteiger partial charge in [-0.1, -0.05) is 12.1 Å². The minimum Gasteiger partial charge on any atom is -0.497 e. The summed E-state index contributed by atoms with van der Waals surface area (Å²) in [6, 6.07) is 20.7. The minimum atomic E-state index is -0.660. The first-order valence-electron chi connectivity index (χ1n) is 9.41. The van der Waals surface area contributed by atoms with Gasteiger partial charge in [-0.15, -0.1) is 0 Å². The van der Waals surface area contributed by atoms with Crippen molar-refractivity contribution < 1.29 is 23.8 Å². The van der Waals surface area contributed by atoms with E-state index >= 15 is 0 Å². The monoisotopic (exact) mass is 405 g/mol. The maximum atomic E-state index is 12.5. The van der Waals surface area contributed by atoms with Crippen LogP contribution < -0.4 is 19.5 Å². The zero-order valence-electron chi connectivity index (χ0n) is 17.0. The molecule has 1 unspecified atom stereocenters. The van der Waals surface area contributed by atoms with Crippen molar-refractivity contribution in [1.29, 1.82) is 0 Å². The average Bonchev–Trinajstić information content (AvgIpc) is 2.79. The Hall–Kier alpha value is -3.80. The molecule has 6 heteroatoms. The fourth-order valence-corrected chi connectivity index (χ4v) is 2.90. The van der Waals surface area contributed by atoms with Gasteiger partial charge in [0, 0.05) is 11.3 Å². The molecule has 0 radical (unpaired) electrons. The molecule has 3 aromatic carbocycles. The highest BCUT2D eigenvalue weighted by Gasteiger charge is 2.17. The van der Waals surface area contributed by atoms with E-state index < -0.39 is 6.10 Å². The predicted octanol–water partition coefficient (Wildman–Crippen LogP) is 4.61. The lowest BCUT2D eigenvalue weighted by atomic mass is 10.1. The molecule has 0 saturated heterocycles. The number of benzene rings is 3. The highest BCUT2D eigenvalue weighted by Crippen LogP contribution is 2.22. The molecular weight excluding hydrogens is 382 g/mol. The number of ketones is 1. The van der Waals surface area contributed by atoms with Gasteiger partial charge in [-0.05, 0) is 67.6 Å². The quantitative estimate of drug-likeness (QED) is 0.554. The highest BCUT2D eigenvalue weighted by atomic mass is 16.5. The number of ether oxygens (including phenoxy) is 3. The first kappa shape index (κ1) is 20.9. The molecule has 0 spiro atoms. The fraction of sp³-hybridized carbons (Fsp3) is 0.167. The molecule has 154 valence electrons. The van der Waals surface area contributed by atoms with Gasteiger partial charge in [-0.2, -0.15) is 0 Å². The Bertz CT molecular complexity index is 1010. The summed E-state index contributed by atoms with van der Waals surface area (Å²) in [6.45, 7) is 1.70. The van der Waals surface area contributed by atoms with E-state index in [-0.39, 0.29) is 11.7 Å². The highest BCUT2D eigenvalue weighted by molar-refractivity contribution is 6.06. The lowest BCUT2D eigenvalue weighted by molar-refractivity contribution is 0.0818. The van der Waals surface area contributed by atoms with Gasteiger partial charge >= 0.3 is 0 Å². The number of carbonyl (C=O) groups excluding carboxylic acids is 2. The van der Waals surface area contributed by atoms with Gasteiger partial charge in [0.15, 0.2) is 6.10 Å². The van der Waals surface area contributed by atoms with Crippen LogP contribution in [0, 0.1) is 0 Å². The van der Waals surface area contributed by atoms with Crippen molar-refractivity contribution in [3.8, 4) is 17.2 Å². The van der Waals surface area contributed by atoms with Gasteiger partial charge < -0.3 is 19.5 Å². The molecule has 0 saturated carbocycles. The van der Waals surface area contributed by atoms with E-state index in [0.717, 1.165) is 0 Å². The van der Waals surface area contributed by atoms with Crippen molar-refractivity contribution in [3.05, 3.63) is 83.9 Å². The second-order valence-electron chi connectivity index (χ2n) is 6.53. The van der Waals surface area contributed by atoms with Crippen LogP contribution in [0.15, 0.2) is 72.8 Å². The zero-order chi connectivity index (χ0) is 21.5. The van der Waals surface area contributed by atoms with Crippen LogP contribution in [0.3, 0.4) is 0 Å². The van der Waals surface area contributed by atoms with E-state index in [1.807, 2.05) is 0 Å². The maximum Gasteiger partial charge on any atom is 0.259 e. The van der Waals surface area contributed by atoms with Crippen LogP contribution in [0.1, 0.15) is 27.6 Å². The SMILES string of the molecule is COc1ccc(C(=O)C(C)Oc2ccc(NC(=O)c3ccccc3OC)cc2)cc1. The molecule has 1 amide bonds. The third kappa shape index (κ3) is 4.97. The normalized spacial score (nSPS) is 11.3. The second-order valence-corrected chi connectivity index (χ2v) is 6.53. The fourth-order valence-electron chi connectivity index (χ4n) is 2.90. The van der Waals surface area contributed by atoms with E-state index in [4.69, 9.17) is 14.2 Å². The Balaban J connectivity index is 1.62. The maximum absolute atomic E-state index is 12.5. The lowest BCUT2D eigenvalue weighted by Crippen LogP contribution is -2.23. The van der Waals surface area contributed by atoms with Crippen LogP contribution in [-0.4, -0.2) is 32.0 Å². The van der Waals surface area contributed by atoms with E-state index in [0.29, 0.717) is 34.1 Å². The second kappa shape index (κ2) is 9.60. The molecule has 0 heterocycles. The van der Waals surface area contributed by atoms with Crippen LogP contribution in [0.25, 0.3) is 0 Å². The molecular formula is C24H23NO5. The number of para-hydroxylation sites is 1. The number of amides is 1. The molecule has 3 rings (SSSR count). The molecule has 0 bridgehead atoms. The topological polar surface area (TPSA) is 73.9 Å². The summed E-state index contributed by atoms with van der Waals surface area (Å²) in [5.41, 5.74) is 1.59. The Morgan fingerprint density at radius 2 is 1.43 bits per heavy atom. The van der Waals surface area contributed by atoms with Gasteiger partial charge in [0.1, 0.15) is 17.2 Å². The van der Waals surface area contributed by atoms with Gasteiger partial charge in [0.25, 0.3) is 5.91 Å². The number of hydrogen-bond donors (Lipinski definition) is 1. The molecule has 1 atom stereocenters. The number of carbonyl (C=O) groups is 2. The van der Waals surface area contributed by atoms with Crippen molar-refractivity contribution in [2.75, 3.05) is 19.5 Å². The molecule has 0 aromatic heterocycles. The molecule has 1 N–H and O–H groups in total. The van der Waals surface area contributed by atoms with Crippen LogP contribution in [0.4, 0.5) is 5.69 Å². The number of rotatable bonds is 8. The summed E-state index contributed by atoms with van der Waals surface area (Å²) in [4.78, 5) is 25.0. The van der Waals surface area contributed by atoms with Crippen molar-refractivity contribution in [1.82, 2.24) is 0 Å². The first-order valence-corrected chi connectivity index (χ1v) is 9.41. The summed E-state index contributed by atoms with van der Waals surface area (Å²) >= 11 is 0. The number of hydrogen-bond acceptors (Lipinski definition) is 5. The Morgan fingerprint density at radius 1 is 0.800 bits per heavy atom. The number of Topliss-reactive ketones (excluding diaryl/α,β-unsaturated/α-hetero) is 1.